The van der Waals surface area contributed by atoms with Crippen molar-refractivity contribution in [2.45, 2.75) is 6.18 Å². The molecule has 1 aromatic carbocycles. The largest absolute Gasteiger partial charge is 0.444 e. The summed E-state index contributed by atoms with van der Waals surface area (Å²) in [6.45, 7) is 0. The van der Waals surface area contributed by atoms with E-state index in [2.05, 4.69) is 4.99 Å². The molecule has 0 saturated heterocycles. The van der Waals surface area contributed by atoms with Crippen molar-refractivity contribution in [3.05, 3.63) is 26.8 Å². The Morgan fingerprint density at radius 1 is 1.33 bits per heavy atom. The van der Waals surface area contributed by atoms with Gasteiger partial charge in [0.2, 0.25) is 5.17 Å². The van der Waals surface area contributed by atoms with Crippen LogP contribution in [-0.4, -0.2) is 11.3 Å². The van der Waals surface area contributed by atoms with Crippen LogP contribution in [0.1, 0.15) is 0 Å². The lowest BCUT2D eigenvalue weighted by Gasteiger charge is -2.04. The lowest BCUT2D eigenvalue weighted by atomic mass is 10.3. The summed E-state index contributed by atoms with van der Waals surface area (Å²) < 4.78 is 36.6. The highest BCUT2D eigenvalue weighted by Crippen LogP contribution is 2.30. The molecule has 0 bridgehead atoms. The van der Waals surface area contributed by atoms with Gasteiger partial charge in [-0.25, -0.2) is 4.99 Å². The van der Waals surface area contributed by atoms with Crippen molar-refractivity contribution in [3.63, 3.8) is 0 Å². The fourth-order valence-corrected chi connectivity index (χ4v) is 1.49. The van der Waals surface area contributed by atoms with Crippen molar-refractivity contribution in [1.29, 1.82) is 0 Å². The van der Waals surface area contributed by atoms with Gasteiger partial charge in [-0.15, -0.1) is 0 Å². The van der Waals surface area contributed by atoms with Crippen LogP contribution in [0.4, 0.5) is 18.9 Å². The number of alkyl halides is 3. The Bertz CT molecular complexity index is 403. The van der Waals surface area contributed by atoms with E-state index in [1.165, 1.54) is 12.1 Å². The van der Waals surface area contributed by atoms with E-state index in [9.17, 15) is 13.2 Å². The summed E-state index contributed by atoms with van der Waals surface area (Å²) in [5, 5.41) is -1.08. The Kier molecular flexibility index (Phi) is 4.25. The van der Waals surface area contributed by atoms with Crippen LogP contribution in [0.25, 0.3) is 0 Å². The van der Waals surface area contributed by atoms with Crippen LogP contribution in [-0.2, 0) is 0 Å². The quantitative estimate of drug-likeness (QED) is 0.500. The molecule has 0 fully saturated rings. The fourth-order valence-electron chi connectivity index (χ4n) is 0.748. The molecule has 0 aliphatic carbocycles. The molecule has 0 aromatic heterocycles. The van der Waals surface area contributed by atoms with Crippen molar-refractivity contribution in [1.82, 2.24) is 0 Å². The smallest absolute Gasteiger partial charge is 0.231 e. The topological polar surface area (TPSA) is 12.4 Å². The van der Waals surface area contributed by atoms with Gasteiger partial charge in [-0.2, -0.15) is 13.2 Å². The minimum absolute atomic E-state index is 0.102. The standard InChI is InChI=1S/C8H3Cl2F3IN/c9-4-2-1-3-5(6(4)14)15-7(10)8(11,12)13/h1-3H. The first-order valence-electron chi connectivity index (χ1n) is 3.58. The number of rotatable bonds is 1. The first-order valence-corrected chi connectivity index (χ1v) is 5.41. The Morgan fingerprint density at radius 3 is 2.47 bits per heavy atom. The van der Waals surface area contributed by atoms with Crippen LogP contribution in [0.5, 0.6) is 0 Å². The van der Waals surface area contributed by atoms with E-state index in [0.29, 0.717) is 8.59 Å². The number of aliphatic imine (C=N–C) groups is 1. The van der Waals surface area contributed by atoms with E-state index in [1.807, 2.05) is 0 Å². The summed E-state index contributed by atoms with van der Waals surface area (Å²) in [4.78, 5) is 3.26. The molecule has 1 nitrogen and oxygen atoms in total. The molecular weight excluding hydrogens is 365 g/mol. The molecule has 0 atom stereocenters. The third-order valence-corrected chi connectivity index (χ3v) is 3.45. The predicted octanol–water partition coefficient (Wildman–Crippen LogP) is 4.78. The zero-order chi connectivity index (χ0) is 11.6. The number of benzene rings is 1. The van der Waals surface area contributed by atoms with Crippen LogP contribution in [0.3, 0.4) is 0 Å². The lowest BCUT2D eigenvalue weighted by Crippen LogP contribution is -2.16. The van der Waals surface area contributed by atoms with Gasteiger partial charge in [-0.1, -0.05) is 29.3 Å². The van der Waals surface area contributed by atoms with Gasteiger partial charge in [-0.05, 0) is 34.7 Å². The zero-order valence-electron chi connectivity index (χ0n) is 6.95. The van der Waals surface area contributed by atoms with Crippen LogP contribution >= 0.6 is 45.8 Å². The lowest BCUT2D eigenvalue weighted by molar-refractivity contribution is -0.0558. The molecule has 0 radical (unpaired) electrons. The summed E-state index contributed by atoms with van der Waals surface area (Å²) in [5.41, 5.74) is 0.102. The second-order valence-electron chi connectivity index (χ2n) is 2.47. The molecule has 0 heterocycles. The van der Waals surface area contributed by atoms with Crippen molar-refractivity contribution in [2.75, 3.05) is 0 Å². The van der Waals surface area contributed by atoms with E-state index < -0.39 is 11.3 Å². The van der Waals surface area contributed by atoms with Gasteiger partial charge in [-0.3, -0.25) is 0 Å². The molecule has 0 amide bonds. The van der Waals surface area contributed by atoms with Gasteiger partial charge in [0.1, 0.15) is 0 Å². The van der Waals surface area contributed by atoms with E-state index in [0.717, 1.165) is 0 Å². The van der Waals surface area contributed by atoms with Crippen molar-refractivity contribution in [2.24, 2.45) is 4.99 Å². The predicted molar refractivity (Wildman–Crippen MR) is 63.2 cm³/mol. The van der Waals surface area contributed by atoms with Gasteiger partial charge in [0.25, 0.3) is 0 Å². The molecule has 1 rings (SSSR count). The Labute approximate surface area is 107 Å². The van der Waals surface area contributed by atoms with Crippen LogP contribution < -0.4 is 0 Å². The number of hydrogen-bond donors (Lipinski definition) is 0. The molecule has 15 heavy (non-hydrogen) atoms. The highest BCUT2D eigenvalue weighted by atomic mass is 127. The first-order chi connectivity index (χ1) is 6.82. The van der Waals surface area contributed by atoms with E-state index in [-0.39, 0.29) is 5.69 Å². The minimum atomic E-state index is -4.63. The van der Waals surface area contributed by atoms with Crippen molar-refractivity contribution in [3.8, 4) is 0 Å². The molecule has 82 valence electrons. The Morgan fingerprint density at radius 2 is 1.93 bits per heavy atom. The summed E-state index contributed by atoms with van der Waals surface area (Å²) in [6, 6.07) is 4.47. The maximum atomic E-state index is 12.1. The van der Waals surface area contributed by atoms with Crippen LogP contribution in [0, 0.1) is 3.57 Å². The highest BCUT2D eigenvalue weighted by Gasteiger charge is 2.34. The SMILES string of the molecule is FC(F)(F)C(Cl)=Nc1cccc(Cl)c1I. The summed E-state index contributed by atoms with van der Waals surface area (Å²) in [7, 11) is 0. The third-order valence-electron chi connectivity index (χ3n) is 1.38. The Hall–Kier alpha value is -0.0100. The van der Waals surface area contributed by atoms with E-state index >= 15 is 0 Å². The molecule has 7 heteroatoms. The van der Waals surface area contributed by atoms with Gasteiger partial charge < -0.3 is 0 Å². The van der Waals surface area contributed by atoms with Crippen molar-refractivity contribution >= 4 is 56.7 Å². The second kappa shape index (κ2) is 4.88. The highest BCUT2D eigenvalue weighted by molar-refractivity contribution is 14.1. The average molecular weight is 368 g/mol. The molecule has 0 spiro atoms. The van der Waals surface area contributed by atoms with Crippen LogP contribution in [0.2, 0.25) is 5.02 Å². The number of halogens is 6. The fraction of sp³-hybridized carbons (Fsp3) is 0.125. The summed E-state index contributed by atoms with van der Waals surface area (Å²) in [5.74, 6) is 0. The third kappa shape index (κ3) is 3.49. The number of nitrogens with zero attached hydrogens (tertiary/aromatic N) is 1. The monoisotopic (exact) mass is 367 g/mol. The zero-order valence-corrected chi connectivity index (χ0v) is 10.6. The molecule has 0 N–H and O–H groups in total. The molecular formula is C8H3Cl2F3IN. The van der Waals surface area contributed by atoms with Gasteiger partial charge in [0, 0.05) is 0 Å². The van der Waals surface area contributed by atoms with E-state index in [4.69, 9.17) is 23.2 Å². The maximum absolute atomic E-state index is 12.1. The molecule has 0 aliphatic rings. The van der Waals surface area contributed by atoms with Gasteiger partial charge >= 0.3 is 6.18 Å². The maximum Gasteiger partial charge on any atom is 0.444 e. The van der Waals surface area contributed by atoms with Crippen LogP contribution in [0.15, 0.2) is 23.2 Å². The minimum Gasteiger partial charge on any atom is -0.231 e. The van der Waals surface area contributed by atoms with Gasteiger partial charge in [0.05, 0.1) is 14.3 Å². The average Bonchev–Trinajstić information content (AvgIpc) is 2.11. The molecule has 0 saturated carbocycles. The van der Waals surface area contributed by atoms with Gasteiger partial charge in [0.15, 0.2) is 0 Å². The number of hydrogen-bond acceptors (Lipinski definition) is 1. The molecule has 0 aliphatic heterocycles. The van der Waals surface area contributed by atoms with E-state index in [1.54, 1.807) is 28.7 Å². The Balaban J connectivity index is 3.15. The molecule has 1 aromatic rings. The summed E-state index contributed by atoms with van der Waals surface area (Å²) >= 11 is 12.5. The first kappa shape index (κ1) is 13.1. The second-order valence-corrected chi connectivity index (χ2v) is 4.32. The summed E-state index contributed by atoms with van der Waals surface area (Å²) in [6.07, 6.45) is -4.63. The van der Waals surface area contributed by atoms with Crippen molar-refractivity contribution < 1.29 is 13.2 Å². The normalized spacial score (nSPS) is 13.1. The molecule has 0 unspecified atom stereocenters.